The van der Waals surface area contributed by atoms with E-state index >= 15 is 0 Å². The Kier molecular flexibility index (Phi) is 5.06. The van der Waals surface area contributed by atoms with Crippen molar-refractivity contribution in [1.82, 2.24) is 24.0 Å². The summed E-state index contributed by atoms with van der Waals surface area (Å²) in [7, 11) is 3.05. The number of aliphatic hydroxyl groups excluding tert-OH is 1. The van der Waals surface area contributed by atoms with Gasteiger partial charge in [0.1, 0.15) is 0 Å². The summed E-state index contributed by atoms with van der Waals surface area (Å²) >= 11 is 0. The van der Waals surface area contributed by atoms with Gasteiger partial charge < -0.3 is 9.67 Å². The number of hydrogen-bond donors (Lipinski definition) is 2. The molecule has 0 aliphatic rings. The topological polar surface area (TPSA) is 94.1 Å². The van der Waals surface area contributed by atoms with Gasteiger partial charge >= 0.3 is 5.69 Å². The van der Waals surface area contributed by atoms with Gasteiger partial charge in [0.15, 0.2) is 11.2 Å². The van der Waals surface area contributed by atoms with Crippen LogP contribution in [0, 0.1) is 0 Å². The van der Waals surface area contributed by atoms with Crippen LogP contribution in [-0.4, -0.2) is 36.9 Å². The molecule has 0 saturated heterocycles. The summed E-state index contributed by atoms with van der Waals surface area (Å²) in [5.74, 6) is 0.00194. The molecule has 2 atom stereocenters. The van der Waals surface area contributed by atoms with Crippen LogP contribution in [0.25, 0.3) is 11.2 Å². The number of nitrogens with zero attached hydrogens (tertiary/aromatic N) is 4. The number of aryl methyl sites for hydroxylation is 1. The highest BCUT2D eigenvalue weighted by Crippen LogP contribution is 2.27. The van der Waals surface area contributed by atoms with Gasteiger partial charge in [0.2, 0.25) is 0 Å². The summed E-state index contributed by atoms with van der Waals surface area (Å²) in [6.45, 7) is 2.39. The number of rotatable bonds is 6. The summed E-state index contributed by atoms with van der Waals surface area (Å²) in [6, 6.07) is 9.91. The molecule has 3 aromatic rings. The van der Waals surface area contributed by atoms with Crippen LogP contribution in [0.4, 0.5) is 0 Å². The first-order valence-electron chi connectivity index (χ1n) is 8.49. The molecule has 2 unspecified atom stereocenters. The van der Waals surface area contributed by atoms with Gasteiger partial charge in [0.25, 0.3) is 5.56 Å². The molecule has 2 heterocycles. The maximum Gasteiger partial charge on any atom is 0.332 e. The molecule has 0 saturated carbocycles. The molecule has 0 spiro atoms. The number of aromatic nitrogens is 4. The maximum atomic E-state index is 12.7. The fourth-order valence-electron chi connectivity index (χ4n) is 3.24. The van der Waals surface area contributed by atoms with E-state index in [1.165, 1.54) is 11.6 Å². The molecule has 2 N–H and O–H groups in total. The molecule has 138 valence electrons. The Morgan fingerprint density at radius 2 is 1.85 bits per heavy atom. The van der Waals surface area contributed by atoms with E-state index in [-0.39, 0.29) is 18.7 Å². The molecule has 8 nitrogen and oxygen atoms in total. The second-order valence-electron chi connectivity index (χ2n) is 6.35. The molecule has 0 amide bonds. The zero-order valence-electron chi connectivity index (χ0n) is 15.1. The Morgan fingerprint density at radius 3 is 2.50 bits per heavy atom. The summed E-state index contributed by atoms with van der Waals surface area (Å²) in [4.78, 5) is 29.2. The summed E-state index contributed by atoms with van der Waals surface area (Å²) in [5.41, 5.74) is 0.980. The minimum Gasteiger partial charge on any atom is -0.395 e. The smallest absolute Gasteiger partial charge is 0.332 e. The van der Waals surface area contributed by atoms with Crippen molar-refractivity contribution >= 4 is 11.2 Å². The molecule has 0 aliphatic carbocycles. The monoisotopic (exact) mass is 357 g/mol. The fourth-order valence-corrected chi connectivity index (χ4v) is 3.24. The predicted octanol–water partition coefficient (Wildman–Crippen LogP) is 0.318. The molecule has 0 bridgehead atoms. The molecular weight excluding hydrogens is 334 g/mol. The van der Waals surface area contributed by atoms with Crippen LogP contribution in [0.15, 0.2) is 46.2 Å². The normalized spacial score (nSPS) is 13.8. The van der Waals surface area contributed by atoms with E-state index in [2.05, 4.69) is 10.3 Å². The summed E-state index contributed by atoms with van der Waals surface area (Å²) in [6.07, 6.45) is 1.26. The van der Waals surface area contributed by atoms with Gasteiger partial charge in [0, 0.05) is 26.6 Å². The zero-order valence-corrected chi connectivity index (χ0v) is 15.1. The predicted molar refractivity (Wildman–Crippen MR) is 99.2 cm³/mol. The molecule has 2 aromatic heterocycles. The van der Waals surface area contributed by atoms with Crippen LogP contribution in [-0.2, 0) is 14.1 Å². The van der Waals surface area contributed by atoms with Gasteiger partial charge in [-0.15, -0.1) is 0 Å². The lowest BCUT2D eigenvalue weighted by molar-refractivity contribution is 0.262. The van der Waals surface area contributed by atoms with Crippen LogP contribution in [0.3, 0.4) is 0 Å². The van der Waals surface area contributed by atoms with Gasteiger partial charge in [-0.1, -0.05) is 37.3 Å². The molecule has 0 radical (unpaired) electrons. The third-order valence-electron chi connectivity index (χ3n) is 4.74. The highest BCUT2D eigenvalue weighted by Gasteiger charge is 2.24. The Hall–Kier alpha value is -2.71. The van der Waals surface area contributed by atoms with Gasteiger partial charge in [-0.3, -0.25) is 19.2 Å². The van der Waals surface area contributed by atoms with Crippen molar-refractivity contribution in [2.24, 2.45) is 14.1 Å². The summed E-state index contributed by atoms with van der Waals surface area (Å²) < 4.78 is 4.20. The van der Waals surface area contributed by atoms with Crippen molar-refractivity contribution in [3.8, 4) is 0 Å². The van der Waals surface area contributed by atoms with Gasteiger partial charge in [-0.2, -0.15) is 0 Å². The first kappa shape index (κ1) is 18.1. The Bertz CT molecular complexity index is 1020. The fraction of sp³-hybridized carbons (Fsp3) is 0.389. The lowest BCUT2D eigenvalue weighted by Gasteiger charge is -2.27. The van der Waals surface area contributed by atoms with E-state index < -0.39 is 11.2 Å². The number of aliphatic hydroxyl groups is 1. The minimum atomic E-state index is -0.413. The van der Waals surface area contributed by atoms with Crippen molar-refractivity contribution in [1.29, 1.82) is 0 Å². The number of fused-ring (bicyclic) bond motifs is 1. The Morgan fingerprint density at radius 1 is 1.15 bits per heavy atom. The van der Waals surface area contributed by atoms with E-state index in [1.807, 2.05) is 37.3 Å². The quantitative estimate of drug-likeness (QED) is 0.663. The van der Waals surface area contributed by atoms with Crippen LogP contribution >= 0.6 is 0 Å². The number of imidazole rings is 1. The third-order valence-corrected chi connectivity index (χ3v) is 4.74. The number of nitrogens with one attached hydrogen (secondary N) is 1. The first-order chi connectivity index (χ1) is 12.5. The summed E-state index contributed by atoms with van der Waals surface area (Å²) in [5, 5.41) is 12.5. The molecule has 0 aliphatic heterocycles. The van der Waals surface area contributed by atoms with Crippen molar-refractivity contribution in [3.05, 3.63) is 63.1 Å². The standard InChI is InChI=1S/C18H23N5O3/c1-12(13-7-5-4-6-8-13)15(19-9-10-24)23-11-20-16-14(23)17(25)22(3)18(26)21(16)2/h4-8,11-12,15,19,24H,9-10H2,1-3H3. The zero-order chi connectivity index (χ0) is 18.8. The molecule has 26 heavy (non-hydrogen) atoms. The average Bonchev–Trinajstić information content (AvgIpc) is 3.10. The van der Waals surface area contributed by atoms with E-state index in [0.29, 0.717) is 17.7 Å². The lowest BCUT2D eigenvalue weighted by atomic mass is 9.97. The molecule has 3 rings (SSSR count). The third kappa shape index (κ3) is 2.97. The molecular formula is C18H23N5O3. The van der Waals surface area contributed by atoms with Crippen LogP contribution in [0.2, 0.25) is 0 Å². The second kappa shape index (κ2) is 7.27. The van der Waals surface area contributed by atoms with Crippen molar-refractivity contribution < 1.29 is 5.11 Å². The van der Waals surface area contributed by atoms with Crippen LogP contribution < -0.4 is 16.6 Å². The highest BCUT2D eigenvalue weighted by atomic mass is 16.3. The van der Waals surface area contributed by atoms with Gasteiger partial charge in [-0.25, -0.2) is 9.78 Å². The van der Waals surface area contributed by atoms with E-state index in [9.17, 15) is 14.7 Å². The molecule has 0 fully saturated rings. The van der Waals surface area contributed by atoms with E-state index in [4.69, 9.17) is 0 Å². The lowest BCUT2D eigenvalue weighted by Crippen LogP contribution is -2.39. The molecule has 8 heteroatoms. The second-order valence-corrected chi connectivity index (χ2v) is 6.35. The Balaban J connectivity index is 2.19. The van der Waals surface area contributed by atoms with Gasteiger partial charge in [-0.05, 0) is 5.56 Å². The van der Waals surface area contributed by atoms with Crippen LogP contribution in [0.5, 0.6) is 0 Å². The van der Waals surface area contributed by atoms with Crippen LogP contribution in [0.1, 0.15) is 24.6 Å². The highest BCUT2D eigenvalue weighted by molar-refractivity contribution is 5.70. The average molecular weight is 357 g/mol. The van der Waals surface area contributed by atoms with E-state index in [0.717, 1.165) is 10.1 Å². The Labute approximate surface area is 150 Å². The van der Waals surface area contributed by atoms with Crippen molar-refractivity contribution in [2.45, 2.75) is 19.0 Å². The minimum absolute atomic E-state index is 0.00194. The number of benzene rings is 1. The van der Waals surface area contributed by atoms with E-state index in [1.54, 1.807) is 17.9 Å². The maximum absolute atomic E-state index is 12.7. The molecule has 1 aromatic carbocycles. The SMILES string of the molecule is CC(c1ccccc1)C(NCCO)n1cnc2c1c(=O)n(C)c(=O)n2C. The number of hydrogen-bond acceptors (Lipinski definition) is 5. The van der Waals surface area contributed by atoms with Crippen molar-refractivity contribution in [2.75, 3.05) is 13.2 Å². The van der Waals surface area contributed by atoms with Gasteiger partial charge in [0.05, 0.1) is 19.1 Å². The largest absolute Gasteiger partial charge is 0.395 e. The first-order valence-corrected chi connectivity index (χ1v) is 8.49. The van der Waals surface area contributed by atoms with Crippen molar-refractivity contribution in [3.63, 3.8) is 0 Å².